The topological polar surface area (TPSA) is 104 Å². The van der Waals surface area contributed by atoms with Crippen LogP contribution in [0.25, 0.3) is 50.4 Å². The van der Waals surface area contributed by atoms with Crippen LogP contribution in [0.3, 0.4) is 0 Å². The van der Waals surface area contributed by atoms with Gasteiger partial charge in [-0.3, -0.25) is 18.5 Å². The van der Waals surface area contributed by atoms with Gasteiger partial charge in [-0.25, -0.2) is 19.2 Å². The van der Waals surface area contributed by atoms with E-state index in [1.54, 1.807) is 66.1 Å². The van der Waals surface area contributed by atoms with E-state index in [2.05, 4.69) is 15.6 Å². The molecule has 3 aromatic heterocycles. The van der Waals surface area contributed by atoms with Crippen LogP contribution in [0.2, 0.25) is 0 Å². The Kier molecular flexibility index (Phi) is 6.60. The van der Waals surface area contributed by atoms with Crippen LogP contribution in [0.4, 0.5) is 15.8 Å². The molecule has 1 saturated carbocycles. The van der Waals surface area contributed by atoms with E-state index in [1.165, 1.54) is 25.8 Å². The van der Waals surface area contributed by atoms with Crippen molar-refractivity contribution in [2.24, 2.45) is 21.1 Å². The summed E-state index contributed by atoms with van der Waals surface area (Å²) in [6.07, 6.45) is 7.93. The van der Waals surface area contributed by atoms with Gasteiger partial charge in [-0.1, -0.05) is 25.0 Å². The minimum absolute atomic E-state index is 0.117. The maximum atomic E-state index is 16.0. The van der Waals surface area contributed by atoms with Gasteiger partial charge >= 0.3 is 5.69 Å². The summed E-state index contributed by atoms with van der Waals surface area (Å²) in [5, 5.41) is 6.46. The number of amides is 1. The molecule has 44 heavy (non-hydrogen) atoms. The third-order valence-electron chi connectivity index (χ3n) is 8.62. The van der Waals surface area contributed by atoms with Gasteiger partial charge in [0.1, 0.15) is 11.5 Å². The quantitative estimate of drug-likeness (QED) is 0.257. The molecule has 3 aromatic carbocycles. The van der Waals surface area contributed by atoms with Crippen LogP contribution in [-0.2, 0) is 25.9 Å². The number of aryl methyl sites for hydroxylation is 3. The smallest absolute Gasteiger partial charge is 0.328 e. The molecule has 0 spiro atoms. The highest BCUT2D eigenvalue weighted by atomic mass is 19.1. The molecule has 1 amide bonds. The first-order chi connectivity index (χ1) is 21.2. The number of hydrogen-bond acceptors (Lipinski definition) is 5. The maximum absolute atomic E-state index is 16.0. The predicted molar refractivity (Wildman–Crippen MR) is 171 cm³/mol. The van der Waals surface area contributed by atoms with E-state index in [0.29, 0.717) is 39.7 Å². The van der Waals surface area contributed by atoms with Crippen molar-refractivity contribution in [2.45, 2.75) is 38.6 Å². The van der Waals surface area contributed by atoms with Crippen LogP contribution in [0.15, 0.2) is 65.8 Å². The number of hydrogen-bond donors (Lipinski definition) is 2. The number of imidazole rings is 3. The number of nitrogens with zero attached hydrogens (tertiary/aromatic N) is 6. The number of carbonyl (C=O) groups excluding carboxylic acids is 1. The van der Waals surface area contributed by atoms with E-state index in [9.17, 15) is 9.59 Å². The van der Waals surface area contributed by atoms with E-state index >= 15 is 4.39 Å². The second-order valence-electron chi connectivity index (χ2n) is 11.6. The van der Waals surface area contributed by atoms with Crippen molar-refractivity contribution < 1.29 is 9.18 Å². The van der Waals surface area contributed by atoms with Gasteiger partial charge in [0.25, 0.3) is 0 Å². The van der Waals surface area contributed by atoms with Gasteiger partial charge in [0.05, 0.1) is 46.0 Å². The number of rotatable bonds is 6. The third kappa shape index (κ3) is 4.55. The van der Waals surface area contributed by atoms with Gasteiger partial charge in [-0.05, 0) is 48.7 Å². The van der Waals surface area contributed by atoms with E-state index in [4.69, 9.17) is 4.98 Å². The predicted octanol–water partition coefficient (Wildman–Crippen LogP) is 5.74. The molecule has 1 fully saturated rings. The highest BCUT2D eigenvalue weighted by molar-refractivity contribution is 5.94. The average Bonchev–Trinajstić information content (AvgIpc) is 3.78. The van der Waals surface area contributed by atoms with Crippen molar-refractivity contribution in [3.63, 3.8) is 0 Å². The maximum Gasteiger partial charge on any atom is 0.328 e. The molecule has 11 heteroatoms. The lowest BCUT2D eigenvalue weighted by atomic mass is 10.0. The van der Waals surface area contributed by atoms with Gasteiger partial charge in [-0.2, -0.15) is 0 Å². The molecule has 1 aliphatic carbocycles. The molecule has 0 bridgehead atoms. The minimum atomic E-state index is -0.403. The van der Waals surface area contributed by atoms with E-state index in [1.807, 2.05) is 28.3 Å². The van der Waals surface area contributed by atoms with Crippen LogP contribution in [0, 0.1) is 5.82 Å². The summed E-state index contributed by atoms with van der Waals surface area (Å²) in [6.45, 7) is 1.45. The third-order valence-corrected chi connectivity index (χ3v) is 8.62. The molecule has 10 nitrogen and oxygen atoms in total. The van der Waals surface area contributed by atoms with Crippen LogP contribution in [0.5, 0.6) is 0 Å². The largest absolute Gasteiger partial charge is 0.381 e. The molecule has 0 saturated heterocycles. The Morgan fingerprint density at radius 2 is 1.73 bits per heavy atom. The lowest BCUT2D eigenvalue weighted by molar-refractivity contribution is -0.114. The normalized spacial score (nSPS) is 13.8. The molecule has 2 N–H and O–H groups in total. The molecule has 0 aliphatic heterocycles. The molecule has 0 radical (unpaired) electrons. The van der Waals surface area contributed by atoms with Crippen LogP contribution in [-0.4, -0.2) is 40.2 Å². The Morgan fingerprint density at radius 3 is 2.41 bits per heavy atom. The van der Waals surface area contributed by atoms with Crippen molar-refractivity contribution in [2.75, 3.05) is 10.6 Å². The first-order valence-corrected chi connectivity index (χ1v) is 14.7. The van der Waals surface area contributed by atoms with Gasteiger partial charge in [0, 0.05) is 51.4 Å². The number of benzene rings is 3. The fourth-order valence-corrected chi connectivity index (χ4v) is 6.43. The van der Waals surface area contributed by atoms with Crippen molar-refractivity contribution in [1.29, 1.82) is 0 Å². The second-order valence-corrected chi connectivity index (χ2v) is 11.6. The number of nitrogens with one attached hydrogen (secondary N) is 2. The lowest BCUT2D eigenvalue weighted by Crippen LogP contribution is -2.20. The average molecular weight is 593 g/mol. The van der Waals surface area contributed by atoms with Gasteiger partial charge in [0.2, 0.25) is 5.91 Å². The Labute approximate surface area is 252 Å². The zero-order valence-corrected chi connectivity index (χ0v) is 25.1. The molecular weight excluding hydrogens is 559 g/mol. The van der Waals surface area contributed by atoms with Crippen molar-refractivity contribution in [1.82, 2.24) is 28.2 Å². The van der Waals surface area contributed by atoms with Gasteiger partial charge in [-0.15, -0.1) is 0 Å². The van der Waals surface area contributed by atoms with Crippen LogP contribution < -0.4 is 16.3 Å². The number of anilines is 2. The highest BCUT2D eigenvalue weighted by Crippen LogP contribution is 2.36. The van der Waals surface area contributed by atoms with E-state index in [-0.39, 0.29) is 11.6 Å². The Hall–Kier alpha value is -5.19. The standard InChI is InChI=1S/C33H33FN8O2/c1-19(43)36-22-11-9-20(10-12-22)24-15-26-28(16-25(24)34)42(32(38-26)30-17-35-18-39(30)2)23-13-27(37-21-7-5-6-8-21)31-29(14-23)40(3)33(44)41(31)4/h9-18,21,37H,5-8H2,1-4H3,(H,36,43). The van der Waals surface area contributed by atoms with Crippen LogP contribution in [0.1, 0.15) is 32.6 Å². The number of halogens is 1. The molecule has 224 valence electrons. The lowest BCUT2D eigenvalue weighted by Gasteiger charge is -2.18. The van der Waals surface area contributed by atoms with E-state index < -0.39 is 5.82 Å². The Bertz CT molecular complexity index is 2130. The summed E-state index contributed by atoms with van der Waals surface area (Å²) in [4.78, 5) is 33.9. The Morgan fingerprint density at radius 1 is 0.977 bits per heavy atom. The summed E-state index contributed by atoms with van der Waals surface area (Å²) in [7, 11) is 5.45. The first kappa shape index (κ1) is 27.6. The molecule has 6 aromatic rings. The van der Waals surface area contributed by atoms with Crippen LogP contribution >= 0.6 is 0 Å². The van der Waals surface area contributed by atoms with Crippen molar-refractivity contribution in [3.8, 4) is 28.3 Å². The second kappa shape index (κ2) is 10.5. The zero-order chi connectivity index (χ0) is 30.7. The summed E-state index contributed by atoms with van der Waals surface area (Å²) in [5.41, 5.74) is 6.75. The zero-order valence-electron chi connectivity index (χ0n) is 25.1. The SMILES string of the molecule is CC(=O)Nc1ccc(-c2cc3nc(-c4cncn4C)n(-c4cc(NC5CCCC5)c5c(c4)n(C)c(=O)n5C)c3cc2F)cc1. The van der Waals surface area contributed by atoms with Gasteiger partial charge < -0.3 is 15.2 Å². The fourth-order valence-electron chi connectivity index (χ4n) is 6.43. The number of carbonyl (C=O) groups is 1. The van der Waals surface area contributed by atoms with Crippen molar-refractivity contribution in [3.05, 3.63) is 77.4 Å². The highest BCUT2D eigenvalue weighted by Gasteiger charge is 2.24. The monoisotopic (exact) mass is 592 g/mol. The Balaban J connectivity index is 1.45. The molecule has 3 heterocycles. The minimum Gasteiger partial charge on any atom is -0.381 e. The van der Waals surface area contributed by atoms with Crippen molar-refractivity contribution >= 4 is 39.3 Å². The molecule has 0 unspecified atom stereocenters. The number of fused-ring (bicyclic) bond motifs is 2. The molecule has 7 rings (SSSR count). The van der Waals surface area contributed by atoms with Gasteiger partial charge in [0.15, 0.2) is 5.82 Å². The first-order valence-electron chi connectivity index (χ1n) is 14.7. The van der Waals surface area contributed by atoms with E-state index in [0.717, 1.165) is 40.9 Å². The summed E-state index contributed by atoms with van der Waals surface area (Å²) >= 11 is 0. The number of aromatic nitrogens is 6. The molecular formula is C33H33FN8O2. The molecule has 0 atom stereocenters. The fraction of sp³-hybridized carbons (Fsp3) is 0.273. The summed E-state index contributed by atoms with van der Waals surface area (Å²) in [6, 6.07) is 14.6. The summed E-state index contributed by atoms with van der Waals surface area (Å²) in [5.74, 6) is 0.0265. The summed E-state index contributed by atoms with van der Waals surface area (Å²) < 4.78 is 23.1. The molecule has 1 aliphatic rings.